The van der Waals surface area contributed by atoms with Gasteiger partial charge in [0.25, 0.3) is 0 Å². The summed E-state index contributed by atoms with van der Waals surface area (Å²) in [6.45, 7) is 13.1. The molecule has 0 bridgehead atoms. The molecule has 0 aromatic heterocycles. The summed E-state index contributed by atoms with van der Waals surface area (Å²) in [7, 11) is 1.74. The van der Waals surface area contributed by atoms with Gasteiger partial charge in [0.1, 0.15) is 6.23 Å². The van der Waals surface area contributed by atoms with Crippen LogP contribution in [0.1, 0.15) is 39.5 Å². The Morgan fingerprint density at radius 1 is 1.27 bits per heavy atom. The van der Waals surface area contributed by atoms with Crippen molar-refractivity contribution in [3.63, 3.8) is 0 Å². The second-order valence-corrected chi connectivity index (χ2v) is 10.2. The van der Waals surface area contributed by atoms with Crippen LogP contribution >= 0.6 is 0 Å². The maximum absolute atomic E-state index is 13.0. The van der Waals surface area contributed by atoms with Gasteiger partial charge >= 0.3 is 0 Å². The largest absolute Gasteiger partial charge is 0.385 e. The van der Waals surface area contributed by atoms with E-state index in [9.17, 15) is 9.90 Å². The number of carbonyl (C=O) groups is 1. The lowest BCUT2D eigenvalue weighted by molar-refractivity contribution is -0.140. The number of piperidine rings is 1. The fraction of sp³-hybridized carbons (Fsp3) is 0.880. The van der Waals surface area contributed by atoms with E-state index >= 15 is 0 Å². The number of morpholine rings is 1. The highest BCUT2D eigenvalue weighted by Crippen LogP contribution is 2.26. The third kappa shape index (κ3) is 7.92. The van der Waals surface area contributed by atoms with Crippen molar-refractivity contribution >= 4 is 5.91 Å². The quantitative estimate of drug-likeness (QED) is 0.332. The molecule has 3 aliphatic heterocycles. The number of methoxy groups -OCH3 is 1. The first kappa shape index (κ1) is 26.4. The number of ether oxygens (including phenoxy) is 2. The molecule has 3 aliphatic rings. The van der Waals surface area contributed by atoms with Crippen LogP contribution in [0.2, 0.25) is 0 Å². The first-order valence-corrected chi connectivity index (χ1v) is 12.9. The van der Waals surface area contributed by atoms with Crippen LogP contribution in [-0.4, -0.2) is 111 Å². The van der Waals surface area contributed by atoms with Gasteiger partial charge in [-0.15, -0.1) is 0 Å². The molecule has 0 aliphatic carbocycles. The SMILES string of the molecule is COCCCCN1CCC=C1C(O)N(CC(C)C)C[C@@H]1CNC[C@H](C(=O)N2CCOCC2)C1. The highest BCUT2D eigenvalue weighted by atomic mass is 16.5. The molecule has 3 rings (SSSR count). The minimum Gasteiger partial charge on any atom is -0.385 e. The van der Waals surface area contributed by atoms with E-state index in [2.05, 4.69) is 35.0 Å². The number of aliphatic hydroxyl groups is 1. The molecule has 0 aromatic carbocycles. The van der Waals surface area contributed by atoms with Crippen molar-refractivity contribution < 1.29 is 19.4 Å². The van der Waals surface area contributed by atoms with E-state index in [0.717, 1.165) is 77.3 Å². The molecule has 0 aromatic rings. The highest BCUT2D eigenvalue weighted by Gasteiger charge is 2.34. The fourth-order valence-electron chi connectivity index (χ4n) is 5.35. The van der Waals surface area contributed by atoms with Gasteiger partial charge in [0.15, 0.2) is 0 Å². The van der Waals surface area contributed by atoms with Gasteiger partial charge in [-0.3, -0.25) is 9.69 Å². The summed E-state index contributed by atoms with van der Waals surface area (Å²) in [6, 6.07) is 0. The Bertz CT molecular complexity index is 624. The molecular formula is C25H46N4O4. The van der Waals surface area contributed by atoms with Crippen molar-refractivity contribution in [1.82, 2.24) is 20.0 Å². The summed E-state index contributed by atoms with van der Waals surface area (Å²) in [4.78, 5) is 19.6. The molecule has 8 heteroatoms. The van der Waals surface area contributed by atoms with Gasteiger partial charge in [0, 0.05) is 59.5 Å². The molecule has 3 atom stereocenters. The fourth-order valence-corrected chi connectivity index (χ4v) is 5.35. The molecule has 2 N–H and O–H groups in total. The van der Waals surface area contributed by atoms with Crippen LogP contribution < -0.4 is 5.32 Å². The molecule has 8 nitrogen and oxygen atoms in total. The minimum atomic E-state index is -0.590. The average Bonchev–Trinajstić information content (AvgIpc) is 3.29. The zero-order valence-corrected chi connectivity index (χ0v) is 21.0. The predicted molar refractivity (Wildman–Crippen MR) is 130 cm³/mol. The lowest BCUT2D eigenvalue weighted by Gasteiger charge is -2.39. The van der Waals surface area contributed by atoms with Gasteiger partial charge < -0.3 is 29.7 Å². The monoisotopic (exact) mass is 466 g/mol. The standard InChI is InChI=1S/C25H46N4O4/c1-20(2)18-29(25(31)23-7-6-9-27(23)8-4-5-12-32-3)19-21-15-22(17-26-16-21)24(30)28-10-13-33-14-11-28/h7,20-22,25-26,31H,4-6,8-19H2,1-3H3/t21-,22+,25?/m0/s1. The van der Waals surface area contributed by atoms with E-state index < -0.39 is 6.23 Å². The van der Waals surface area contributed by atoms with E-state index in [0.29, 0.717) is 38.1 Å². The van der Waals surface area contributed by atoms with Crippen LogP contribution in [0.25, 0.3) is 0 Å². The molecule has 2 saturated heterocycles. The van der Waals surface area contributed by atoms with Gasteiger partial charge in [-0.25, -0.2) is 0 Å². The molecule has 0 saturated carbocycles. The van der Waals surface area contributed by atoms with E-state index in [-0.39, 0.29) is 11.8 Å². The summed E-state index contributed by atoms with van der Waals surface area (Å²) in [5.41, 5.74) is 1.05. The zero-order chi connectivity index (χ0) is 23.6. The van der Waals surface area contributed by atoms with Crippen LogP contribution in [0, 0.1) is 17.8 Å². The summed E-state index contributed by atoms with van der Waals surface area (Å²) >= 11 is 0. The molecule has 1 amide bonds. The van der Waals surface area contributed by atoms with Crippen LogP contribution in [0.4, 0.5) is 0 Å². The number of carbonyl (C=O) groups excluding carboxylic acids is 1. The molecule has 190 valence electrons. The number of rotatable bonds is 12. The number of nitrogens with zero attached hydrogens (tertiary/aromatic N) is 3. The van der Waals surface area contributed by atoms with Crippen molar-refractivity contribution in [2.45, 2.75) is 45.8 Å². The Morgan fingerprint density at radius 2 is 2.06 bits per heavy atom. The lowest BCUT2D eigenvalue weighted by Crippen LogP contribution is -2.52. The predicted octanol–water partition coefficient (Wildman–Crippen LogP) is 1.36. The number of nitrogens with one attached hydrogen (secondary N) is 1. The van der Waals surface area contributed by atoms with E-state index in [1.54, 1.807) is 7.11 Å². The molecule has 2 fully saturated rings. The van der Waals surface area contributed by atoms with Crippen LogP contribution in [0.5, 0.6) is 0 Å². The number of amides is 1. The average molecular weight is 467 g/mol. The number of hydrogen-bond donors (Lipinski definition) is 2. The maximum atomic E-state index is 13.0. The topological polar surface area (TPSA) is 77.5 Å². The Hall–Kier alpha value is -1.19. The van der Waals surface area contributed by atoms with Crippen LogP contribution in [0.15, 0.2) is 11.8 Å². The Balaban J connectivity index is 1.58. The van der Waals surface area contributed by atoms with Gasteiger partial charge in [0.05, 0.1) is 24.8 Å². The van der Waals surface area contributed by atoms with Crippen molar-refractivity contribution in [1.29, 1.82) is 0 Å². The Morgan fingerprint density at radius 3 is 2.79 bits per heavy atom. The summed E-state index contributed by atoms with van der Waals surface area (Å²) in [6.07, 6.45) is 5.60. The van der Waals surface area contributed by atoms with E-state index in [1.807, 2.05) is 4.90 Å². The molecular weight excluding hydrogens is 420 g/mol. The van der Waals surface area contributed by atoms with Gasteiger partial charge in [-0.1, -0.05) is 19.9 Å². The molecule has 0 spiro atoms. The third-order valence-corrected chi connectivity index (χ3v) is 6.96. The molecule has 1 unspecified atom stereocenters. The van der Waals surface area contributed by atoms with Gasteiger partial charge in [-0.2, -0.15) is 0 Å². The van der Waals surface area contributed by atoms with Crippen molar-refractivity contribution in [3.8, 4) is 0 Å². The number of aliphatic hydroxyl groups excluding tert-OH is 1. The van der Waals surface area contributed by atoms with E-state index in [4.69, 9.17) is 9.47 Å². The van der Waals surface area contributed by atoms with Crippen molar-refractivity contribution in [2.75, 3.05) is 79.3 Å². The summed E-state index contributed by atoms with van der Waals surface area (Å²) < 4.78 is 10.6. The van der Waals surface area contributed by atoms with Crippen LogP contribution in [0.3, 0.4) is 0 Å². The smallest absolute Gasteiger partial charge is 0.227 e. The second kappa shape index (κ2) is 13.6. The molecule has 3 heterocycles. The van der Waals surface area contributed by atoms with Crippen molar-refractivity contribution in [2.24, 2.45) is 17.8 Å². The van der Waals surface area contributed by atoms with Gasteiger partial charge in [-0.05, 0) is 44.1 Å². The third-order valence-electron chi connectivity index (χ3n) is 6.96. The van der Waals surface area contributed by atoms with E-state index in [1.165, 1.54) is 0 Å². The summed E-state index contributed by atoms with van der Waals surface area (Å²) in [5.74, 6) is 1.08. The molecule has 0 radical (unpaired) electrons. The highest BCUT2D eigenvalue weighted by molar-refractivity contribution is 5.79. The van der Waals surface area contributed by atoms with Crippen LogP contribution in [-0.2, 0) is 14.3 Å². The first-order valence-electron chi connectivity index (χ1n) is 12.9. The van der Waals surface area contributed by atoms with Gasteiger partial charge in [0.2, 0.25) is 5.91 Å². The lowest BCUT2D eigenvalue weighted by atomic mass is 9.88. The number of unbranched alkanes of at least 4 members (excludes halogenated alkanes) is 1. The first-order chi connectivity index (χ1) is 16.0. The number of hydrogen-bond acceptors (Lipinski definition) is 7. The zero-order valence-electron chi connectivity index (χ0n) is 21.0. The maximum Gasteiger partial charge on any atom is 0.227 e. The normalized spacial score (nSPS) is 25.1. The van der Waals surface area contributed by atoms with Crippen molar-refractivity contribution in [3.05, 3.63) is 11.8 Å². The Labute approximate surface area is 200 Å². The Kier molecular flexibility index (Phi) is 10.9. The minimum absolute atomic E-state index is 0.0165. The second-order valence-electron chi connectivity index (χ2n) is 10.2. The molecule has 33 heavy (non-hydrogen) atoms. The summed E-state index contributed by atoms with van der Waals surface area (Å²) in [5, 5.41) is 14.9.